The Balaban J connectivity index is -0.0000000600. The minimum atomic E-state index is -3.11. The van der Waals surface area contributed by atoms with Gasteiger partial charge in [-0.2, -0.15) is 0 Å². The van der Waals surface area contributed by atoms with Gasteiger partial charge in [0.25, 0.3) is 0 Å². The van der Waals surface area contributed by atoms with Gasteiger partial charge in [-0.05, 0) is 12.2 Å². The fourth-order valence-electron chi connectivity index (χ4n) is 0.173. The quantitative estimate of drug-likeness (QED) is 0.216. The molecule has 0 aromatic rings. The predicted octanol–water partition coefficient (Wildman–Crippen LogP) is -6.99. The normalized spacial score (nSPS) is 6.69. The van der Waals surface area contributed by atoms with Crippen molar-refractivity contribution < 1.29 is 72.4 Å². The maximum absolute atomic E-state index is 8.44. The second-order valence-corrected chi connectivity index (χ2v) is 2.09. The van der Waals surface area contributed by atoms with Gasteiger partial charge in [-0.15, -0.1) is 17.9 Å². The van der Waals surface area contributed by atoms with Crippen molar-refractivity contribution in [2.75, 3.05) is 6.54 Å². The Bertz CT molecular complexity index is 154. The third kappa shape index (κ3) is 59.0. The molecule has 0 atom stereocenters. The van der Waals surface area contributed by atoms with E-state index in [0.29, 0.717) is 11.7 Å². The first kappa shape index (κ1) is 24.0. The van der Waals surface area contributed by atoms with E-state index in [0.717, 1.165) is 0 Å². The summed E-state index contributed by atoms with van der Waals surface area (Å²) < 4.78 is 25.3. The van der Waals surface area contributed by atoms with E-state index in [4.69, 9.17) is 19.0 Å². The van der Waals surface area contributed by atoms with Crippen molar-refractivity contribution >= 4 is 28.7 Å². The van der Waals surface area contributed by atoms with Gasteiger partial charge in [-0.1, -0.05) is 6.08 Å². The molecule has 0 aliphatic rings. The molecule has 3 N–H and O–H groups in total. The zero-order valence-electron chi connectivity index (χ0n) is 7.61. The molecule has 0 heterocycles. The zero-order chi connectivity index (χ0) is 9.28. The second-order valence-electron chi connectivity index (χ2n) is 1.24. The second kappa shape index (κ2) is 19.1. The fourth-order valence-corrected chi connectivity index (χ4v) is 0.256. The first-order valence-corrected chi connectivity index (χ1v) is 3.82. The van der Waals surface area contributed by atoms with Gasteiger partial charge in [0.1, 0.15) is 0 Å². The Hall–Kier alpha value is 1.50. The molecule has 0 bridgehead atoms. The van der Waals surface area contributed by atoms with Gasteiger partial charge in [0, 0.05) is 6.54 Å². The van der Waals surface area contributed by atoms with Crippen LogP contribution in [0.25, 0.3) is 0 Å². The molecule has 9 heteroatoms. The van der Waals surface area contributed by atoms with Gasteiger partial charge in [0.15, 0.2) is 5.11 Å². The minimum Gasteiger partial charge on any atom is -0.784 e. The van der Waals surface area contributed by atoms with Crippen LogP contribution in [0.3, 0.4) is 0 Å². The molecule has 5 nitrogen and oxygen atoms in total. The van der Waals surface area contributed by atoms with Crippen LogP contribution in [0, 0.1) is 0 Å². The molecule has 0 aliphatic carbocycles. The van der Waals surface area contributed by atoms with Crippen LogP contribution in [0.4, 0.5) is 0 Å². The molecule has 0 rings (SSSR count). The molecule has 0 aromatic carbocycles. The largest absolute Gasteiger partial charge is 1.00 e. The number of thiocarbonyl (C=S) groups is 1. The SMILES string of the molecule is C=CCNC(N)=S.O=S([O-])[O-].[Na+].[Na+]. The summed E-state index contributed by atoms with van der Waals surface area (Å²) in [4.78, 5) is 0. The van der Waals surface area contributed by atoms with E-state index in [1.807, 2.05) is 0 Å². The summed E-state index contributed by atoms with van der Waals surface area (Å²) >= 11 is 1.37. The van der Waals surface area contributed by atoms with E-state index in [-0.39, 0.29) is 59.1 Å². The number of hydrogen-bond donors (Lipinski definition) is 2. The van der Waals surface area contributed by atoms with E-state index >= 15 is 0 Å². The maximum Gasteiger partial charge on any atom is 1.00 e. The van der Waals surface area contributed by atoms with Gasteiger partial charge in [0.2, 0.25) is 0 Å². The van der Waals surface area contributed by atoms with Crippen molar-refractivity contribution in [3.63, 3.8) is 0 Å². The standard InChI is InChI=1S/C4H8N2S.2Na.H2O3S/c1-2-3-6-4(5)7;;;1-4(2)3/h2H,1,3H2,(H3,5,6,7);;;(H2,1,2,3)/q;2*+1;/p-2. The van der Waals surface area contributed by atoms with Gasteiger partial charge in [-0.3, -0.25) is 4.21 Å². The maximum atomic E-state index is 8.44. The van der Waals surface area contributed by atoms with Crippen LogP contribution in [0.2, 0.25) is 0 Å². The van der Waals surface area contributed by atoms with Gasteiger partial charge >= 0.3 is 59.1 Å². The predicted molar refractivity (Wildman–Crippen MR) is 44.7 cm³/mol. The monoisotopic (exact) mass is 242 g/mol. The van der Waals surface area contributed by atoms with Crippen LogP contribution in [0.15, 0.2) is 12.7 Å². The topological polar surface area (TPSA) is 101 Å². The van der Waals surface area contributed by atoms with Crippen molar-refractivity contribution in [1.82, 2.24) is 5.32 Å². The minimum absolute atomic E-state index is 0. The van der Waals surface area contributed by atoms with Crippen LogP contribution in [0.5, 0.6) is 0 Å². The van der Waals surface area contributed by atoms with Gasteiger partial charge in [-0.25, -0.2) is 0 Å². The molecule has 0 unspecified atom stereocenters. The van der Waals surface area contributed by atoms with E-state index < -0.39 is 11.4 Å². The van der Waals surface area contributed by atoms with Crippen LogP contribution in [-0.4, -0.2) is 25.0 Å². The van der Waals surface area contributed by atoms with Gasteiger partial charge < -0.3 is 20.2 Å². The van der Waals surface area contributed by atoms with E-state index in [1.165, 1.54) is 0 Å². The molecule has 66 valence electrons. The van der Waals surface area contributed by atoms with Crippen LogP contribution < -0.4 is 70.2 Å². The summed E-state index contributed by atoms with van der Waals surface area (Å²) in [6.07, 6.45) is 1.69. The first-order chi connectivity index (χ1) is 5.00. The summed E-state index contributed by atoms with van der Waals surface area (Å²) in [5.74, 6) is 0. The number of rotatable bonds is 2. The van der Waals surface area contributed by atoms with Crippen molar-refractivity contribution in [3.8, 4) is 0 Å². The van der Waals surface area contributed by atoms with Crippen LogP contribution >= 0.6 is 12.2 Å². The summed E-state index contributed by atoms with van der Waals surface area (Å²) in [6, 6.07) is 0. The summed E-state index contributed by atoms with van der Waals surface area (Å²) in [5, 5.41) is 3.01. The molecular weight excluding hydrogens is 234 g/mol. The van der Waals surface area contributed by atoms with Gasteiger partial charge in [0.05, 0.1) is 0 Å². The van der Waals surface area contributed by atoms with Crippen LogP contribution in [-0.2, 0) is 11.4 Å². The number of nitrogens with one attached hydrogen (secondary N) is 1. The molecular formula is C4H8N2Na2O3S2. The summed E-state index contributed by atoms with van der Waals surface area (Å²) in [5.41, 5.74) is 5.05. The van der Waals surface area contributed by atoms with E-state index in [2.05, 4.69) is 24.1 Å². The summed E-state index contributed by atoms with van der Waals surface area (Å²) in [7, 11) is 0. The Morgan fingerprint density at radius 3 is 2.00 bits per heavy atom. The summed E-state index contributed by atoms with van der Waals surface area (Å²) in [6.45, 7) is 4.10. The average Bonchev–Trinajstić information content (AvgIpc) is 1.82. The Labute approximate surface area is 130 Å². The number of nitrogens with two attached hydrogens (primary N) is 1. The molecule has 0 radical (unpaired) electrons. The molecule has 13 heavy (non-hydrogen) atoms. The van der Waals surface area contributed by atoms with E-state index in [1.54, 1.807) is 6.08 Å². The van der Waals surface area contributed by atoms with Crippen molar-refractivity contribution in [3.05, 3.63) is 12.7 Å². The fraction of sp³-hybridized carbons (Fsp3) is 0.250. The molecule has 0 saturated heterocycles. The zero-order valence-corrected chi connectivity index (χ0v) is 13.2. The molecule has 0 amide bonds. The molecule has 0 saturated carbocycles. The molecule has 0 aliphatic heterocycles. The molecule has 0 spiro atoms. The Morgan fingerprint density at radius 2 is 1.92 bits per heavy atom. The third-order valence-corrected chi connectivity index (χ3v) is 0.565. The average molecular weight is 242 g/mol. The smallest absolute Gasteiger partial charge is 0.784 e. The van der Waals surface area contributed by atoms with Crippen molar-refractivity contribution in [1.29, 1.82) is 0 Å². The molecule has 0 fully saturated rings. The Morgan fingerprint density at radius 1 is 1.62 bits per heavy atom. The van der Waals surface area contributed by atoms with E-state index in [9.17, 15) is 0 Å². The first-order valence-electron chi connectivity index (χ1n) is 2.41. The van der Waals surface area contributed by atoms with Crippen molar-refractivity contribution in [2.45, 2.75) is 0 Å². The number of hydrogen-bond acceptors (Lipinski definition) is 4. The van der Waals surface area contributed by atoms with Crippen LogP contribution in [0.1, 0.15) is 0 Å². The Kier molecular flexibility index (Phi) is 35.3. The van der Waals surface area contributed by atoms with Crippen molar-refractivity contribution in [2.24, 2.45) is 5.73 Å². The molecule has 0 aromatic heterocycles. The third-order valence-electron chi connectivity index (χ3n) is 0.421.